The normalized spacial score (nSPS) is 26.0. The van der Waals surface area contributed by atoms with Crippen molar-refractivity contribution in [2.45, 2.75) is 39.7 Å². The third-order valence-electron chi connectivity index (χ3n) is 3.92. The molecule has 2 N–H and O–H groups in total. The average Bonchev–Trinajstić information content (AvgIpc) is 2.81. The molecule has 94 valence electrons. The summed E-state index contributed by atoms with van der Waals surface area (Å²) in [5.41, 5.74) is 7.55. The van der Waals surface area contributed by atoms with Gasteiger partial charge in [0.25, 0.3) is 0 Å². The zero-order valence-corrected chi connectivity index (χ0v) is 11.2. The highest BCUT2D eigenvalue weighted by Gasteiger charge is 2.57. The summed E-state index contributed by atoms with van der Waals surface area (Å²) < 4.78 is 5.65. The maximum Gasteiger partial charge on any atom is 0.119 e. The largest absolute Gasteiger partial charge is 0.491 e. The van der Waals surface area contributed by atoms with Gasteiger partial charge >= 0.3 is 0 Å². The van der Waals surface area contributed by atoms with Crippen LogP contribution in [0.25, 0.3) is 0 Å². The molecule has 1 aliphatic carbocycles. The van der Waals surface area contributed by atoms with Gasteiger partial charge in [-0.3, -0.25) is 0 Å². The van der Waals surface area contributed by atoms with Crippen molar-refractivity contribution in [2.75, 3.05) is 6.54 Å². The van der Waals surface area contributed by atoms with Crippen LogP contribution in [0.15, 0.2) is 24.3 Å². The highest BCUT2D eigenvalue weighted by molar-refractivity contribution is 5.36. The molecule has 2 heteroatoms. The first-order valence-electron chi connectivity index (χ1n) is 6.43. The van der Waals surface area contributed by atoms with Crippen LogP contribution in [0.1, 0.15) is 39.2 Å². The summed E-state index contributed by atoms with van der Waals surface area (Å²) in [5.74, 6) is 2.19. The van der Waals surface area contributed by atoms with Crippen LogP contribution in [0.5, 0.6) is 5.75 Å². The fraction of sp³-hybridized carbons (Fsp3) is 0.600. The molecule has 0 spiro atoms. The van der Waals surface area contributed by atoms with Crippen LogP contribution < -0.4 is 10.5 Å². The van der Waals surface area contributed by atoms with Crippen molar-refractivity contribution in [3.8, 4) is 5.75 Å². The zero-order chi connectivity index (χ0) is 12.6. The molecule has 0 aliphatic heterocycles. The first-order chi connectivity index (χ1) is 7.96. The summed E-state index contributed by atoms with van der Waals surface area (Å²) in [4.78, 5) is 0. The van der Waals surface area contributed by atoms with Crippen LogP contribution in [0.4, 0.5) is 0 Å². The van der Waals surface area contributed by atoms with Gasteiger partial charge in [-0.25, -0.2) is 0 Å². The van der Waals surface area contributed by atoms with E-state index in [1.807, 2.05) is 13.8 Å². The Balaban J connectivity index is 2.09. The van der Waals surface area contributed by atoms with E-state index in [0.717, 1.165) is 12.3 Å². The van der Waals surface area contributed by atoms with E-state index >= 15 is 0 Å². The van der Waals surface area contributed by atoms with Crippen molar-refractivity contribution in [3.63, 3.8) is 0 Å². The second-order valence-electron chi connectivity index (χ2n) is 5.88. The summed E-state index contributed by atoms with van der Waals surface area (Å²) in [6.07, 6.45) is 0.231. The molecule has 2 nitrogen and oxygen atoms in total. The second-order valence-corrected chi connectivity index (χ2v) is 5.88. The quantitative estimate of drug-likeness (QED) is 0.867. The third kappa shape index (κ3) is 2.32. The number of rotatable bonds is 4. The maximum absolute atomic E-state index is 5.81. The Hall–Kier alpha value is -1.02. The molecule has 0 amide bonds. The van der Waals surface area contributed by atoms with Crippen LogP contribution >= 0.6 is 0 Å². The van der Waals surface area contributed by atoms with Gasteiger partial charge in [0, 0.05) is 0 Å². The topological polar surface area (TPSA) is 35.2 Å². The van der Waals surface area contributed by atoms with E-state index in [1.165, 1.54) is 5.56 Å². The summed E-state index contributed by atoms with van der Waals surface area (Å²) >= 11 is 0. The molecule has 1 saturated carbocycles. The smallest absolute Gasteiger partial charge is 0.119 e. The SMILES string of the molecule is CC(C)Oc1ccc([C@@H]2[C@@H](CN)C2(C)C)cc1. The molecule has 1 aliphatic rings. The molecule has 1 aromatic rings. The first kappa shape index (κ1) is 12.4. The third-order valence-corrected chi connectivity index (χ3v) is 3.92. The van der Waals surface area contributed by atoms with Crippen molar-refractivity contribution >= 4 is 0 Å². The molecule has 2 rings (SSSR count). The lowest BCUT2D eigenvalue weighted by molar-refractivity contribution is 0.242. The molecule has 1 aromatic carbocycles. The summed E-state index contributed by atoms with van der Waals surface area (Å²) in [5, 5.41) is 0. The summed E-state index contributed by atoms with van der Waals surface area (Å²) in [7, 11) is 0. The average molecular weight is 233 g/mol. The molecule has 0 bridgehead atoms. The predicted octanol–water partition coefficient (Wildman–Crippen LogP) is 3.17. The Labute approximate surface area is 104 Å². The molecule has 1 fully saturated rings. The fourth-order valence-corrected chi connectivity index (χ4v) is 2.87. The summed E-state index contributed by atoms with van der Waals surface area (Å²) in [6, 6.07) is 8.49. The lowest BCUT2D eigenvalue weighted by atomic mass is 10.0. The van der Waals surface area contributed by atoms with Gasteiger partial charge in [0.2, 0.25) is 0 Å². The monoisotopic (exact) mass is 233 g/mol. The van der Waals surface area contributed by atoms with Gasteiger partial charge in [0.05, 0.1) is 6.10 Å². The Kier molecular flexibility index (Phi) is 3.17. The van der Waals surface area contributed by atoms with Gasteiger partial charge in [0.1, 0.15) is 5.75 Å². The van der Waals surface area contributed by atoms with E-state index in [-0.39, 0.29) is 6.10 Å². The van der Waals surface area contributed by atoms with Gasteiger partial charge < -0.3 is 10.5 Å². The van der Waals surface area contributed by atoms with Gasteiger partial charge in [-0.2, -0.15) is 0 Å². The molecular formula is C15H23NO. The fourth-order valence-electron chi connectivity index (χ4n) is 2.87. The molecule has 17 heavy (non-hydrogen) atoms. The van der Waals surface area contributed by atoms with E-state index in [2.05, 4.69) is 38.1 Å². The lowest BCUT2D eigenvalue weighted by Gasteiger charge is -2.10. The molecule has 0 saturated heterocycles. The van der Waals surface area contributed by atoms with Gasteiger partial charge in [-0.15, -0.1) is 0 Å². The Morgan fingerprint density at radius 3 is 2.24 bits per heavy atom. The minimum Gasteiger partial charge on any atom is -0.491 e. The summed E-state index contributed by atoms with van der Waals surface area (Å²) in [6.45, 7) is 9.47. The second kappa shape index (κ2) is 4.34. The van der Waals surface area contributed by atoms with Crippen molar-refractivity contribution in [1.29, 1.82) is 0 Å². The number of benzene rings is 1. The first-order valence-corrected chi connectivity index (χ1v) is 6.43. The van der Waals surface area contributed by atoms with Crippen molar-refractivity contribution < 1.29 is 4.74 Å². The van der Waals surface area contributed by atoms with E-state index in [1.54, 1.807) is 0 Å². The van der Waals surface area contributed by atoms with Crippen LogP contribution in [0.3, 0.4) is 0 Å². The molecule has 0 unspecified atom stereocenters. The van der Waals surface area contributed by atoms with Gasteiger partial charge in [0.15, 0.2) is 0 Å². The van der Waals surface area contributed by atoms with Crippen LogP contribution in [-0.4, -0.2) is 12.6 Å². The van der Waals surface area contributed by atoms with Crippen LogP contribution in [0, 0.1) is 11.3 Å². The van der Waals surface area contributed by atoms with Crippen molar-refractivity contribution in [1.82, 2.24) is 0 Å². The number of hydrogen-bond acceptors (Lipinski definition) is 2. The maximum atomic E-state index is 5.81. The van der Waals surface area contributed by atoms with Crippen LogP contribution in [0.2, 0.25) is 0 Å². The highest BCUT2D eigenvalue weighted by atomic mass is 16.5. The Morgan fingerprint density at radius 2 is 1.82 bits per heavy atom. The van der Waals surface area contributed by atoms with Crippen molar-refractivity contribution in [3.05, 3.63) is 29.8 Å². The highest BCUT2D eigenvalue weighted by Crippen LogP contribution is 2.63. The number of nitrogens with two attached hydrogens (primary N) is 1. The minimum absolute atomic E-state index is 0.231. The molecular weight excluding hydrogens is 210 g/mol. The van der Waals surface area contributed by atoms with Gasteiger partial charge in [-0.05, 0) is 55.3 Å². The van der Waals surface area contributed by atoms with Crippen molar-refractivity contribution in [2.24, 2.45) is 17.1 Å². The standard InChI is InChI=1S/C15H23NO/c1-10(2)17-12-7-5-11(6-8-12)14-13(9-16)15(14,3)4/h5-8,10,13-14H,9,16H2,1-4H3/t13-,14-/m1/s1. The Morgan fingerprint density at radius 1 is 1.24 bits per heavy atom. The predicted molar refractivity (Wildman–Crippen MR) is 71.3 cm³/mol. The van der Waals surface area contributed by atoms with E-state index in [9.17, 15) is 0 Å². The number of hydrogen-bond donors (Lipinski definition) is 1. The van der Waals surface area contributed by atoms with Crippen LogP contribution in [-0.2, 0) is 0 Å². The lowest BCUT2D eigenvalue weighted by Crippen LogP contribution is -2.05. The molecule has 0 heterocycles. The molecule has 0 aromatic heterocycles. The van der Waals surface area contributed by atoms with Gasteiger partial charge in [-0.1, -0.05) is 26.0 Å². The molecule has 0 radical (unpaired) electrons. The van der Waals surface area contributed by atoms with E-state index in [0.29, 0.717) is 17.3 Å². The van der Waals surface area contributed by atoms with E-state index < -0.39 is 0 Å². The minimum atomic E-state index is 0.231. The van der Waals surface area contributed by atoms with E-state index in [4.69, 9.17) is 10.5 Å². The number of ether oxygens (including phenoxy) is 1. The zero-order valence-electron chi connectivity index (χ0n) is 11.2. The Bertz CT molecular complexity index is 380. The molecule has 2 atom stereocenters.